The monoisotopic (exact) mass is 383 g/mol. The van der Waals surface area contributed by atoms with Crippen molar-refractivity contribution in [1.29, 1.82) is 0 Å². The van der Waals surface area contributed by atoms with Gasteiger partial charge < -0.3 is 4.57 Å². The second-order valence-electron chi connectivity index (χ2n) is 7.90. The summed E-state index contributed by atoms with van der Waals surface area (Å²) < 4.78 is 2.37. The van der Waals surface area contributed by atoms with Crippen LogP contribution in [0, 0.1) is 6.92 Å². The average Bonchev–Trinajstić information content (AvgIpc) is 3.13. The Balaban J connectivity index is 1.70. The smallest absolute Gasteiger partial charge is 0.0541 e. The lowest BCUT2D eigenvalue weighted by atomic mass is 9.93. The molecule has 0 aliphatic rings. The predicted molar refractivity (Wildman–Crippen MR) is 128 cm³/mol. The molecule has 1 nitrogen and oxygen atoms in total. The molecule has 30 heavy (non-hydrogen) atoms. The normalized spacial score (nSPS) is 11.5. The second kappa shape index (κ2) is 6.60. The number of aryl methyl sites for hydroxylation is 1. The standard InChI is InChI=1S/C29H21N/c1-20-15-16-21-9-5-6-12-24(21)29(20)22-17-18-28-26(19-22)25-13-7-8-14-27(25)30(28)23-10-3-2-4-11-23/h2-19H,1H3. The summed E-state index contributed by atoms with van der Waals surface area (Å²) in [5.41, 5.74) is 7.58. The van der Waals surface area contributed by atoms with Crippen molar-refractivity contribution < 1.29 is 0 Å². The third kappa shape index (κ3) is 2.49. The van der Waals surface area contributed by atoms with Crippen molar-refractivity contribution in [3.05, 3.63) is 115 Å². The van der Waals surface area contributed by atoms with Gasteiger partial charge >= 0.3 is 0 Å². The van der Waals surface area contributed by atoms with E-state index in [2.05, 4.69) is 121 Å². The van der Waals surface area contributed by atoms with Crippen molar-refractivity contribution in [2.24, 2.45) is 0 Å². The molecule has 0 saturated heterocycles. The highest BCUT2D eigenvalue weighted by molar-refractivity contribution is 6.11. The van der Waals surface area contributed by atoms with E-state index in [0.717, 1.165) is 0 Å². The highest BCUT2D eigenvalue weighted by Crippen LogP contribution is 2.37. The number of benzene rings is 5. The predicted octanol–water partition coefficient (Wildman–Crippen LogP) is 7.91. The minimum atomic E-state index is 1.19. The molecule has 1 aromatic heterocycles. The van der Waals surface area contributed by atoms with Gasteiger partial charge in [0.1, 0.15) is 0 Å². The Labute approximate surface area is 175 Å². The molecule has 6 aromatic rings. The first kappa shape index (κ1) is 17.1. The molecular weight excluding hydrogens is 362 g/mol. The lowest BCUT2D eigenvalue weighted by Crippen LogP contribution is -1.93. The average molecular weight is 383 g/mol. The maximum absolute atomic E-state index is 2.37. The van der Waals surface area contributed by atoms with Crippen molar-refractivity contribution >= 4 is 32.6 Å². The van der Waals surface area contributed by atoms with E-state index in [0.29, 0.717) is 0 Å². The molecule has 6 rings (SSSR count). The molecule has 5 aromatic carbocycles. The van der Waals surface area contributed by atoms with Gasteiger partial charge in [0.05, 0.1) is 11.0 Å². The van der Waals surface area contributed by atoms with E-state index in [1.807, 2.05) is 0 Å². The van der Waals surface area contributed by atoms with E-state index in [4.69, 9.17) is 0 Å². The van der Waals surface area contributed by atoms with Gasteiger partial charge in [-0.1, -0.05) is 78.9 Å². The Morgan fingerprint density at radius 2 is 1.23 bits per heavy atom. The molecule has 0 aliphatic carbocycles. The largest absolute Gasteiger partial charge is 0.309 e. The molecule has 0 N–H and O–H groups in total. The van der Waals surface area contributed by atoms with Crippen LogP contribution >= 0.6 is 0 Å². The third-order valence-electron chi connectivity index (χ3n) is 6.11. The quantitative estimate of drug-likeness (QED) is 0.286. The van der Waals surface area contributed by atoms with E-state index in [1.54, 1.807) is 0 Å². The summed E-state index contributed by atoms with van der Waals surface area (Å²) in [5, 5.41) is 5.17. The third-order valence-corrected chi connectivity index (χ3v) is 6.11. The van der Waals surface area contributed by atoms with Crippen LogP contribution in [0.1, 0.15) is 5.56 Å². The van der Waals surface area contributed by atoms with Gasteiger partial charge in [0.25, 0.3) is 0 Å². The van der Waals surface area contributed by atoms with Crippen LogP contribution in [0.3, 0.4) is 0 Å². The van der Waals surface area contributed by atoms with E-state index >= 15 is 0 Å². The highest BCUT2D eigenvalue weighted by atomic mass is 15.0. The fourth-order valence-corrected chi connectivity index (χ4v) is 4.75. The van der Waals surface area contributed by atoms with E-state index in [9.17, 15) is 0 Å². The summed E-state index contributed by atoms with van der Waals surface area (Å²) in [6, 6.07) is 39.3. The van der Waals surface area contributed by atoms with Crippen LogP contribution in [0.4, 0.5) is 0 Å². The fourth-order valence-electron chi connectivity index (χ4n) is 4.75. The van der Waals surface area contributed by atoms with Crippen molar-refractivity contribution in [2.75, 3.05) is 0 Å². The van der Waals surface area contributed by atoms with Crippen LogP contribution in [-0.4, -0.2) is 4.57 Å². The summed E-state index contributed by atoms with van der Waals surface area (Å²) in [6.07, 6.45) is 0. The molecule has 1 heteroatoms. The topological polar surface area (TPSA) is 4.93 Å². The molecule has 0 amide bonds. The van der Waals surface area contributed by atoms with Crippen molar-refractivity contribution in [1.82, 2.24) is 4.57 Å². The molecule has 142 valence electrons. The molecule has 0 atom stereocenters. The molecular formula is C29H21N. The first-order valence-electron chi connectivity index (χ1n) is 10.4. The van der Waals surface area contributed by atoms with Gasteiger partial charge in [-0.2, -0.15) is 0 Å². The Bertz CT molecular complexity index is 1540. The Hall–Kier alpha value is -3.84. The molecule has 0 radical (unpaired) electrons. The zero-order valence-electron chi connectivity index (χ0n) is 16.8. The second-order valence-corrected chi connectivity index (χ2v) is 7.90. The lowest BCUT2D eigenvalue weighted by molar-refractivity contribution is 1.18. The molecule has 0 unspecified atom stereocenters. The van der Waals surface area contributed by atoms with Crippen molar-refractivity contribution in [3.63, 3.8) is 0 Å². The maximum atomic E-state index is 2.37. The zero-order chi connectivity index (χ0) is 20.1. The van der Waals surface area contributed by atoms with Crippen LogP contribution in [0.2, 0.25) is 0 Å². The molecule has 1 heterocycles. The summed E-state index contributed by atoms with van der Waals surface area (Å²) in [5.74, 6) is 0. The Morgan fingerprint density at radius 1 is 0.533 bits per heavy atom. The number of rotatable bonds is 2. The highest BCUT2D eigenvalue weighted by Gasteiger charge is 2.14. The van der Waals surface area contributed by atoms with Gasteiger partial charge in [0.2, 0.25) is 0 Å². The SMILES string of the molecule is Cc1ccc2ccccc2c1-c1ccc2c(c1)c1ccccc1n2-c1ccccc1. The van der Waals surface area contributed by atoms with Gasteiger partial charge in [-0.15, -0.1) is 0 Å². The lowest BCUT2D eigenvalue weighted by Gasteiger charge is -2.12. The molecule has 0 fully saturated rings. The van der Waals surface area contributed by atoms with Crippen LogP contribution in [0.15, 0.2) is 109 Å². The number of aromatic nitrogens is 1. The van der Waals surface area contributed by atoms with Crippen LogP contribution in [0.25, 0.3) is 49.4 Å². The number of nitrogens with zero attached hydrogens (tertiary/aromatic N) is 1. The molecule has 0 saturated carbocycles. The number of hydrogen-bond donors (Lipinski definition) is 0. The van der Waals surface area contributed by atoms with Crippen LogP contribution in [0.5, 0.6) is 0 Å². The van der Waals surface area contributed by atoms with Gasteiger partial charge in [-0.25, -0.2) is 0 Å². The number of para-hydroxylation sites is 2. The van der Waals surface area contributed by atoms with Crippen LogP contribution < -0.4 is 0 Å². The van der Waals surface area contributed by atoms with E-state index < -0.39 is 0 Å². The number of hydrogen-bond acceptors (Lipinski definition) is 0. The zero-order valence-corrected chi connectivity index (χ0v) is 16.8. The van der Waals surface area contributed by atoms with E-state index in [1.165, 1.54) is 55.0 Å². The van der Waals surface area contributed by atoms with Crippen molar-refractivity contribution in [2.45, 2.75) is 6.92 Å². The van der Waals surface area contributed by atoms with Gasteiger partial charge in [0, 0.05) is 16.5 Å². The fraction of sp³-hybridized carbons (Fsp3) is 0.0345. The van der Waals surface area contributed by atoms with Gasteiger partial charge in [-0.3, -0.25) is 0 Å². The summed E-state index contributed by atoms with van der Waals surface area (Å²) in [7, 11) is 0. The summed E-state index contributed by atoms with van der Waals surface area (Å²) in [4.78, 5) is 0. The molecule has 0 aliphatic heterocycles. The molecule has 0 spiro atoms. The van der Waals surface area contributed by atoms with Crippen molar-refractivity contribution in [3.8, 4) is 16.8 Å². The Morgan fingerprint density at radius 3 is 2.10 bits per heavy atom. The minimum absolute atomic E-state index is 1.19. The minimum Gasteiger partial charge on any atom is -0.309 e. The summed E-state index contributed by atoms with van der Waals surface area (Å²) in [6.45, 7) is 2.21. The van der Waals surface area contributed by atoms with Crippen LogP contribution in [-0.2, 0) is 0 Å². The van der Waals surface area contributed by atoms with E-state index in [-0.39, 0.29) is 0 Å². The number of fused-ring (bicyclic) bond motifs is 4. The first-order valence-corrected chi connectivity index (χ1v) is 10.4. The van der Waals surface area contributed by atoms with Gasteiger partial charge in [-0.05, 0) is 64.7 Å². The summed E-state index contributed by atoms with van der Waals surface area (Å²) >= 11 is 0. The first-order chi connectivity index (χ1) is 14.8. The van der Waals surface area contributed by atoms with Gasteiger partial charge in [0.15, 0.2) is 0 Å². The Kier molecular flexibility index (Phi) is 3.75. The molecule has 0 bridgehead atoms. The maximum Gasteiger partial charge on any atom is 0.0541 e.